The van der Waals surface area contributed by atoms with Gasteiger partial charge in [-0.05, 0) is 31.9 Å². The lowest BCUT2D eigenvalue weighted by atomic mass is 10.2. The molecule has 0 fully saturated rings. The molecule has 27 heavy (non-hydrogen) atoms. The molecule has 144 valence electrons. The van der Waals surface area contributed by atoms with Gasteiger partial charge >= 0.3 is 0 Å². The van der Waals surface area contributed by atoms with Gasteiger partial charge in [0.25, 0.3) is 0 Å². The van der Waals surface area contributed by atoms with Crippen LogP contribution in [-0.2, 0) is 24.3 Å². The van der Waals surface area contributed by atoms with Crippen LogP contribution in [0, 0.1) is 0 Å². The second-order valence-electron chi connectivity index (χ2n) is 7.47. The average molecular weight is 367 g/mol. The number of rotatable bonds is 7. The molecule has 2 heterocycles. The third-order valence-electron chi connectivity index (χ3n) is 4.68. The van der Waals surface area contributed by atoms with E-state index in [1.165, 1.54) is 11.3 Å². The summed E-state index contributed by atoms with van der Waals surface area (Å²) in [6, 6.07) is 12.8. The van der Waals surface area contributed by atoms with Crippen LogP contribution in [0.25, 0.3) is 6.08 Å². The molecule has 0 bridgehead atoms. The minimum Gasteiger partial charge on any atom is -0.354 e. The lowest BCUT2D eigenvalue weighted by Gasteiger charge is -2.17. The molecule has 1 amide bonds. The SMILES string of the molecule is CC(C)NC(=O)CCc1cc2n(n1)CCCN(C/C=C/c1ccccc1)C2. The second-order valence-corrected chi connectivity index (χ2v) is 7.47. The maximum Gasteiger partial charge on any atom is 0.220 e. The molecule has 2 aromatic rings. The Hall–Kier alpha value is -2.40. The highest BCUT2D eigenvalue weighted by Gasteiger charge is 2.16. The van der Waals surface area contributed by atoms with Crippen molar-refractivity contribution in [2.24, 2.45) is 0 Å². The summed E-state index contributed by atoms with van der Waals surface area (Å²) < 4.78 is 2.12. The predicted octanol–water partition coefficient (Wildman–Crippen LogP) is 3.26. The molecule has 0 atom stereocenters. The topological polar surface area (TPSA) is 50.2 Å². The number of hydrogen-bond donors (Lipinski definition) is 1. The molecular formula is C22H30N4O. The highest BCUT2D eigenvalue weighted by Crippen LogP contribution is 2.15. The molecule has 5 heteroatoms. The number of benzene rings is 1. The fourth-order valence-corrected chi connectivity index (χ4v) is 3.40. The van der Waals surface area contributed by atoms with Crippen LogP contribution in [0.5, 0.6) is 0 Å². The van der Waals surface area contributed by atoms with E-state index >= 15 is 0 Å². The Kier molecular flexibility index (Phi) is 6.82. The van der Waals surface area contributed by atoms with Crippen molar-refractivity contribution in [3.05, 3.63) is 59.4 Å². The molecule has 1 aliphatic rings. The number of carbonyl (C=O) groups excluding carboxylic acids is 1. The molecule has 5 nitrogen and oxygen atoms in total. The minimum absolute atomic E-state index is 0.0980. The van der Waals surface area contributed by atoms with Crippen molar-refractivity contribution in [3.8, 4) is 0 Å². The first-order valence-corrected chi connectivity index (χ1v) is 9.89. The highest BCUT2D eigenvalue weighted by atomic mass is 16.1. The van der Waals surface area contributed by atoms with Crippen molar-refractivity contribution in [2.45, 2.75) is 52.2 Å². The third-order valence-corrected chi connectivity index (χ3v) is 4.68. The molecule has 0 saturated carbocycles. The Bertz CT molecular complexity index is 764. The molecule has 1 aromatic heterocycles. The summed E-state index contributed by atoms with van der Waals surface area (Å²) >= 11 is 0. The van der Waals surface area contributed by atoms with E-state index in [1.54, 1.807) is 0 Å². The van der Waals surface area contributed by atoms with E-state index in [0.717, 1.165) is 38.3 Å². The molecule has 1 aliphatic heterocycles. The van der Waals surface area contributed by atoms with E-state index in [9.17, 15) is 4.79 Å². The molecular weight excluding hydrogens is 336 g/mol. The summed E-state index contributed by atoms with van der Waals surface area (Å²) in [6.07, 6.45) is 6.71. The van der Waals surface area contributed by atoms with Crippen LogP contribution >= 0.6 is 0 Å². The van der Waals surface area contributed by atoms with Gasteiger partial charge in [-0.25, -0.2) is 0 Å². The van der Waals surface area contributed by atoms with E-state index in [-0.39, 0.29) is 11.9 Å². The normalized spacial score (nSPS) is 15.1. The number of carbonyl (C=O) groups is 1. The quantitative estimate of drug-likeness (QED) is 0.818. The van der Waals surface area contributed by atoms with Gasteiger partial charge in [0, 0.05) is 45.1 Å². The maximum atomic E-state index is 11.9. The first-order valence-electron chi connectivity index (χ1n) is 9.89. The van der Waals surface area contributed by atoms with Crippen LogP contribution in [0.15, 0.2) is 42.5 Å². The van der Waals surface area contributed by atoms with Gasteiger partial charge in [0.2, 0.25) is 5.91 Å². The van der Waals surface area contributed by atoms with Crippen molar-refractivity contribution < 1.29 is 4.79 Å². The standard InChI is InChI=1S/C22H30N4O/c1-18(2)23-22(27)12-11-20-16-21-17-25(14-7-15-26(21)24-20)13-6-10-19-8-4-3-5-9-19/h3-6,8-10,16,18H,7,11-15,17H2,1-2H3,(H,23,27)/b10-6+. The summed E-state index contributed by atoms with van der Waals surface area (Å²) in [5.74, 6) is 0.0980. The monoisotopic (exact) mass is 366 g/mol. The van der Waals surface area contributed by atoms with Crippen molar-refractivity contribution in [2.75, 3.05) is 13.1 Å². The van der Waals surface area contributed by atoms with Crippen LogP contribution in [0.2, 0.25) is 0 Å². The van der Waals surface area contributed by atoms with Gasteiger partial charge in [-0.1, -0.05) is 42.5 Å². The molecule has 0 saturated heterocycles. The zero-order chi connectivity index (χ0) is 19.1. The number of aryl methyl sites for hydroxylation is 2. The molecule has 0 unspecified atom stereocenters. The van der Waals surface area contributed by atoms with E-state index < -0.39 is 0 Å². The zero-order valence-corrected chi connectivity index (χ0v) is 16.4. The van der Waals surface area contributed by atoms with Crippen LogP contribution < -0.4 is 5.32 Å². The Morgan fingerprint density at radius 1 is 1.26 bits per heavy atom. The average Bonchev–Trinajstić information content (AvgIpc) is 2.92. The van der Waals surface area contributed by atoms with E-state index in [0.29, 0.717) is 12.8 Å². The van der Waals surface area contributed by atoms with Gasteiger partial charge in [-0.2, -0.15) is 5.10 Å². The fourth-order valence-electron chi connectivity index (χ4n) is 3.40. The number of nitrogens with one attached hydrogen (secondary N) is 1. The van der Waals surface area contributed by atoms with E-state index in [2.05, 4.69) is 57.4 Å². The highest BCUT2D eigenvalue weighted by molar-refractivity contribution is 5.76. The van der Waals surface area contributed by atoms with Crippen molar-refractivity contribution >= 4 is 12.0 Å². The van der Waals surface area contributed by atoms with Gasteiger partial charge in [-0.15, -0.1) is 0 Å². The Balaban J connectivity index is 1.54. The summed E-state index contributed by atoms with van der Waals surface area (Å²) in [4.78, 5) is 14.3. The largest absolute Gasteiger partial charge is 0.354 e. The van der Waals surface area contributed by atoms with E-state index in [1.807, 2.05) is 19.9 Å². The van der Waals surface area contributed by atoms with Gasteiger partial charge in [0.15, 0.2) is 0 Å². The second kappa shape index (κ2) is 9.51. The number of hydrogen-bond acceptors (Lipinski definition) is 3. The first kappa shape index (κ1) is 19.4. The van der Waals surface area contributed by atoms with Crippen LogP contribution in [0.4, 0.5) is 0 Å². The van der Waals surface area contributed by atoms with Crippen LogP contribution in [0.1, 0.15) is 43.6 Å². The molecule has 1 aromatic carbocycles. The van der Waals surface area contributed by atoms with Crippen molar-refractivity contribution in [1.29, 1.82) is 0 Å². The Labute approximate surface area is 162 Å². The Morgan fingerprint density at radius 2 is 2.07 bits per heavy atom. The van der Waals surface area contributed by atoms with Gasteiger partial charge in [0.05, 0.1) is 11.4 Å². The smallest absolute Gasteiger partial charge is 0.220 e. The van der Waals surface area contributed by atoms with Gasteiger partial charge in [0.1, 0.15) is 0 Å². The molecule has 0 radical (unpaired) electrons. The number of amides is 1. The zero-order valence-electron chi connectivity index (χ0n) is 16.4. The number of nitrogens with zero attached hydrogens (tertiary/aromatic N) is 3. The number of aromatic nitrogens is 2. The first-order chi connectivity index (χ1) is 13.1. The van der Waals surface area contributed by atoms with Crippen LogP contribution in [0.3, 0.4) is 0 Å². The van der Waals surface area contributed by atoms with Crippen molar-refractivity contribution in [1.82, 2.24) is 20.0 Å². The van der Waals surface area contributed by atoms with Crippen molar-refractivity contribution in [3.63, 3.8) is 0 Å². The minimum atomic E-state index is 0.0980. The fraction of sp³-hybridized carbons (Fsp3) is 0.455. The maximum absolute atomic E-state index is 11.9. The van der Waals surface area contributed by atoms with E-state index in [4.69, 9.17) is 5.10 Å². The summed E-state index contributed by atoms with van der Waals surface area (Å²) in [6.45, 7) is 7.84. The Morgan fingerprint density at radius 3 is 2.85 bits per heavy atom. The summed E-state index contributed by atoms with van der Waals surface area (Å²) in [5, 5.41) is 7.66. The molecule has 0 spiro atoms. The lowest BCUT2D eigenvalue weighted by Crippen LogP contribution is -2.30. The van der Waals surface area contributed by atoms with Gasteiger partial charge in [-0.3, -0.25) is 14.4 Å². The molecule has 0 aliphatic carbocycles. The predicted molar refractivity (Wildman–Crippen MR) is 109 cm³/mol. The molecule has 3 rings (SSSR count). The molecule has 1 N–H and O–H groups in total. The summed E-state index contributed by atoms with van der Waals surface area (Å²) in [7, 11) is 0. The van der Waals surface area contributed by atoms with Gasteiger partial charge < -0.3 is 5.32 Å². The number of fused-ring (bicyclic) bond motifs is 1. The summed E-state index contributed by atoms with van der Waals surface area (Å²) in [5.41, 5.74) is 3.50. The van der Waals surface area contributed by atoms with Crippen LogP contribution in [-0.4, -0.2) is 39.7 Å². The lowest BCUT2D eigenvalue weighted by molar-refractivity contribution is -0.121. The third kappa shape index (κ3) is 6.07.